The zero-order chi connectivity index (χ0) is 22.2. The van der Waals surface area contributed by atoms with Crippen molar-refractivity contribution in [3.8, 4) is 27.7 Å². The molecule has 1 atom stereocenters. The Labute approximate surface area is 191 Å². The van der Waals surface area contributed by atoms with Gasteiger partial charge in [-0.25, -0.2) is 4.98 Å². The van der Waals surface area contributed by atoms with E-state index in [4.69, 9.17) is 9.72 Å². The van der Waals surface area contributed by atoms with Gasteiger partial charge in [-0.2, -0.15) is 0 Å². The molecule has 1 amide bonds. The van der Waals surface area contributed by atoms with Crippen LogP contribution in [0.2, 0.25) is 0 Å². The predicted octanol–water partition coefficient (Wildman–Crippen LogP) is 5.80. The number of carbonyl (C=O) groups excluding carboxylic acids is 1. The number of amides is 1. The molecule has 1 aliphatic heterocycles. The van der Waals surface area contributed by atoms with Crippen LogP contribution in [0.1, 0.15) is 22.9 Å². The molecule has 2 aromatic carbocycles. The number of carbonyl (C=O) groups is 1. The van der Waals surface area contributed by atoms with Gasteiger partial charge in [0.05, 0.1) is 23.6 Å². The maximum Gasteiger partial charge on any atom is 0.268 e. The maximum atomic E-state index is 13.1. The lowest BCUT2D eigenvalue weighted by Crippen LogP contribution is -2.44. The van der Waals surface area contributed by atoms with E-state index < -0.39 is 6.10 Å². The van der Waals surface area contributed by atoms with Crippen molar-refractivity contribution >= 4 is 22.9 Å². The van der Waals surface area contributed by atoms with Crippen LogP contribution in [0.25, 0.3) is 22.0 Å². The molecule has 0 radical (unpaired) electrons. The summed E-state index contributed by atoms with van der Waals surface area (Å²) >= 11 is 1.62. The Bertz CT molecular complexity index is 1300. The molecule has 160 valence electrons. The number of aromatic nitrogens is 2. The van der Waals surface area contributed by atoms with Gasteiger partial charge in [-0.15, -0.1) is 11.3 Å². The Kier molecular flexibility index (Phi) is 5.23. The van der Waals surface area contributed by atoms with Crippen molar-refractivity contribution in [2.45, 2.75) is 33.4 Å². The summed E-state index contributed by atoms with van der Waals surface area (Å²) in [5.74, 6) is 0.675. The van der Waals surface area contributed by atoms with E-state index in [1.807, 2.05) is 53.4 Å². The Balaban J connectivity index is 1.56. The first-order valence-corrected chi connectivity index (χ1v) is 11.4. The number of nitrogens with zero attached hydrogens (tertiary/aromatic N) is 3. The first-order valence-electron chi connectivity index (χ1n) is 10.6. The Morgan fingerprint density at radius 1 is 1.06 bits per heavy atom. The van der Waals surface area contributed by atoms with E-state index in [2.05, 4.69) is 31.0 Å². The molecular formula is C26H23N3O2S. The van der Waals surface area contributed by atoms with Crippen molar-refractivity contribution in [3.63, 3.8) is 0 Å². The molecule has 1 unspecified atom stereocenters. The molecule has 0 N–H and O–H groups in total. The van der Waals surface area contributed by atoms with Crippen molar-refractivity contribution < 1.29 is 9.53 Å². The first-order chi connectivity index (χ1) is 15.5. The molecule has 0 saturated carbocycles. The second-order valence-electron chi connectivity index (χ2n) is 7.93. The molecular weight excluding hydrogens is 418 g/mol. The average Bonchev–Trinajstić information content (AvgIpc) is 3.20. The van der Waals surface area contributed by atoms with Crippen LogP contribution in [-0.2, 0) is 11.3 Å². The minimum atomic E-state index is -0.519. The third-order valence-electron chi connectivity index (χ3n) is 5.71. The van der Waals surface area contributed by atoms with Crippen molar-refractivity contribution in [2.75, 3.05) is 4.90 Å². The first kappa shape index (κ1) is 20.4. The van der Waals surface area contributed by atoms with E-state index in [0.717, 1.165) is 43.7 Å². The van der Waals surface area contributed by atoms with Crippen molar-refractivity contribution in [3.05, 3.63) is 82.9 Å². The van der Waals surface area contributed by atoms with Crippen LogP contribution >= 0.6 is 11.3 Å². The minimum Gasteiger partial charge on any atom is -0.479 e. The summed E-state index contributed by atoms with van der Waals surface area (Å²) in [6.07, 6.45) is 1.26. The second kappa shape index (κ2) is 8.20. The fourth-order valence-corrected chi connectivity index (χ4v) is 4.85. The summed E-state index contributed by atoms with van der Waals surface area (Å²) in [4.78, 5) is 25.3. The van der Waals surface area contributed by atoms with Crippen molar-refractivity contribution in [2.24, 2.45) is 0 Å². The van der Waals surface area contributed by atoms with Gasteiger partial charge < -0.3 is 9.64 Å². The monoisotopic (exact) mass is 441 g/mol. The SMILES string of the molecule is Cc1ccccc1CN1C(=O)C(C)Oc2ccc(-c3nc(-c4ccccn4)sc3C)cc21. The number of benzene rings is 2. The van der Waals surface area contributed by atoms with Gasteiger partial charge in [0, 0.05) is 16.6 Å². The van der Waals surface area contributed by atoms with E-state index in [9.17, 15) is 4.79 Å². The van der Waals surface area contributed by atoms with Crippen LogP contribution < -0.4 is 9.64 Å². The lowest BCUT2D eigenvalue weighted by Gasteiger charge is -2.33. The highest BCUT2D eigenvalue weighted by atomic mass is 32.1. The molecule has 1 aliphatic rings. The van der Waals surface area contributed by atoms with Crippen LogP contribution in [0.3, 0.4) is 0 Å². The fourth-order valence-electron chi connectivity index (χ4n) is 3.94. The summed E-state index contributed by atoms with van der Waals surface area (Å²) in [5.41, 5.74) is 5.78. The van der Waals surface area contributed by atoms with Gasteiger partial charge in [0.1, 0.15) is 10.8 Å². The van der Waals surface area contributed by atoms with E-state index in [1.165, 1.54) is 0 Å². The molecule has 0 bridgehead atoms. The van der Waals surface area contributed by atoms with Crippen LogP contribution in [0.5, 0.6) is 5.75 Å². The summed E-state index contributed by atoms with van der Waals surface area (Å²) in [6.45, 7) is 6.44. The van der Waals surface area contributed by atoms with Crippen molar-refractivity contribution in [1.82, 2.24) is 9.97 Å². The molecule has 6 heteroatoms. The van der Waals surface area contributed by atoms with Gasteiger partial charge in [0.15, 0.2) is 6.10 Å². The molecule has 3 heterocycles. The number of hydrogen-bond acceptors (Lipinski definition) is 5. The van der Waals surface area contributed by atoms with E-state index in [-0.39, 0.29) is 5.91 Å². The third-order valence-corrected chi connectivity index (χ3v) is 6.70. The van der Waals surface area contributed by atoms with Crippen LogP contribution in [0.15, 0.2) is 66.9 Å². The summed E-state index contributed by atoms with van der Waals surface area (Å²) in [7, 11) is 0. The lowest BCUT2D eigenvalue weighted by atomic mass is 10.0. The van der Waals surface area contributed by atoms with Crippen LogP contribution in [-0.4, -0.2) is 22.0 Å². The third kappa shape index (κ3) is 3.67. The molecule has 0 aliphatic carbocycles. The second-order valence-corrected chi connectivity index (χ2v) is 9.14. The van der Waals surface area contributed by atoms with Gasteiger partial charge >= 0.3 is 0 Å². The number of thiazole rings is 1. The molecule has 0 fully saturated rings. The van der Waals surface area contributed by atoms with E-state index in [0.29, 0.717) is 12.3 Å². The summed E-state index contributed by atoms with van der Waals surface area (Å²) < 4.78 is 5.92. The maximum absolute atomic E-state index is 13.1. The number of pyridine rings is 1. The summed E-state index contributed by atoms with van der Waals surface area (Å²) in [5, 5.41) is 0.883. The highest BCUT2D eigenvalue weighted by Crippen LogP contribution is 2.40. The number of hydrogen-bond donors (Lipinski definition) is 0. The van der Waals surface area contributed by atoms with E-state index in [1.54, 1.807) is 24.5 Å². The molecule has 2 aromatic heterocycles. The zero-order valence-electron chi connectivity index (χ0n) is 18.2. The highest BCUT2D eigenvalue weighted by molar-refractivity contribution is 7.15. The zero-order valence-corrected chi connectivity index (χ0v) is 19.0. The normalized spacial score (nSPS) is 15.4. The summed E-state index contributed by atoms with van der Waals surface area (Å²) in [6, 6.07) is 19.9. The average molecular weight is 442 g/mol. The van der Waals surface area contributed by atoms with Crippen molar-refractivity contribution in [1.29, 1.82) is 0 Å². The standard InChI is InChI=1S/C26H23N3O2S/c1-16-8-4-5-9-20(16)15-29-22-14-19(11-12-23(22)31-17(2)26(29)30)24-18(3)32-25(28-24)21-10-6-7-13-27-21/h4-14,17H,15H2,1-3H3. The Morgan fingerprint density at radius 2 is 1.88 bits per heavy atom. The quantitative estimate of drug-likeness (QED) is 0.401. The largest absolute Gasteiger partial charge is 0.479 e. The van der Waals surface area contributed by atoms with Gasteiger partial charge in [0.2, 0.25) is 0 Å². The van der Waals surface area contributed by atoms with Crippen LogP contribution in [0.4, 0.5) is 5.69 Å². The fraction of sp³-hybridized carbons (Fsp3) is 0.192. The van der Waals surface area contributed by atoms with Gasteiger partial charge in [-0.05, 0) is 62.2 Å². The van der Waals surface area contributed by atoms with Gasteiger partial charge in [-0.3, -0.25) is 9.78 Å². The number of aryl methyl sites for hydroxylation is 2. The number of fused-ring (bicyclic) bond motifs is 1. The Hall–Kier alpha value is -3.51. The molecule has 0 spiro atoms. The Morgan fingerprint density at radius 3 is 2.66 bits per heavy atom. The smallest absolute Gasteiger partial charge is 0.268 e. The highest BCUT2D eigenvalue weighted by Gasteiger charge is 2.32. The van der Waals surface area contributed by atoms with Crippen LogP contribution in [0, 0.1) is 13.8 Å². The van der Waals surface area contributed by atoms with Gasteiger partial charge in [-0.1, -0.05) is 30.3 Å². The molecule has 0 saturated heterocycles. The number of anilines is 1. The lowest BCUT2D eigenvalue weighted by molar-refractivity contribution is -0.125. The molecule has 4 aromatic rings. The minimum absolute atomic E-state index is 0.0397. The molecule has 5 nitrogen and oxygen atoms in total. The topological polar surface area (TPSA) is 55.3 Å². The number of rotatable bonds is 4. The number of ether oxygens (including phenoxy) is 1. The predicted molar refractivity (Wildman–Crippen MR) is 128 cm³/mol. The molecule has 5 rings (SSSR count). The molecule has 32 heavy (non-hydrogen) atoms. The van der Waals surface area contributed by atoms with Gasteiger partial charge in [0.25, 0.3) is 5.91 Å². The van der Waals surface area contributed by atoms with E-state index >= 15 is 0 Å².